The minimum absolute atomic E-state index is 0.0365. The normalized spacial score (nSPS) is 16.2. The molecule has 0 spiro atoms. The second-order valence-electron chi connectivity index (χ2n) is 3.73. The molecule has 1 aromatic rings. The average molecular weight is 220 g/mol. The molecule has 0 bridgehead atoms. The molecular formula is C11H12N2O3. The molecular weight excluding hydrogens is 208 g/mol. The van der Waals surface area contributed by atoms with Crippen molar-refractivity contribution in [2.24, 2.45) is 0 Å². The van der Waals surface area contributed by atoms with E-state index < -0.39 is 5.97 Å². The van der Waals surface area contributed by atoms with Crippen molar-refractivity contribution >= 4 is 17.4 Å². The Labute approximate surface area is 92.7 Å². The summed E-state index contributed by atoms with van der Waals surface area (Å²) in [5.74, 6) is -0.765. The molecule has 0 aliphatic carbocycles. The molecule has 84 valence electrons. The van der Waals surface area contributed by atoms with E-state index in [-0.39, 0.29) is 11.5 Å². The first-order valence-electron chi connectivity index (χ1n) is 5.13. The van der Waals surface area contributed by atoms with Crippen molar-refractivity contribution in [3.63, 3.8) is 0 Å². The third-order valence-electron chi connectivity index (χ3n) is 2.65. The van der Waals surface area contributed by atoms with E-state index in [4.69, 9.17) is 5.11 Å². The number of ketones is 1. The van der Waals surface area contributed by atoms with Gasteiger partial charge in [0.25, 0.3) is 0 Å². The Balaban J connectivity index is 2.17. The van der Waals surface area contributed by atoms with Crippen molar-refractivity contribution in [1.29, 1.82) is 0 Å². The highest BCUT2D eigenvalue weighted by atomic mass is 16.4. The highest BCUT2D eigenvalue weighted by molar-refractivity contribution is 5.86. The predicted octanol–water partition coefficient (Wildman–Crippen LogP) is 0.949. The molecule has 1 N–H and O–H groups in total. The van der Waals surface area contributed by atoms with Gasteiger partial charge in [-0.3, -0.25) is 4.79 Å². The second kappa shape index (κ2) is 4.30. The van der Waals surface area contributed by atoms with Gasteiger partial charge < -0.3 is 10.0 Å². The number of hydrogen-bond donors (Lipinski definition) is 1. The summed E-state index contributed by atoms with van der Waals surface area (Å²) >= 11 is 0. The summed E-state index contributed by atoms with van der Waals surface area (Å²) in [6.07, 6.45) is 2.55. The van der Waals surface area contributed by atoms with Crippen LogP contribution in [0.3, 0.4) is 0 Å². The van der Waals surface area contributed by atoms with Crippen LogP contribution in [0, 0.1) is 0 Å². The maximum Gasteiger partial charge on any atom is 0.354 e. The number of carbonyl (C=O) groups is 2. The molecule has 0 saturated carbocycles. The Morgan fingerprint density at radius 2 is 2.06 bits per heavy atom. The molecule has 5 heteroatoms. The second-order valence-corrected chi connectivity index (χ2v) is 3.73. The number of aromatic nitrogens is 1. The predicted molar refractivity (Wildman–Crippen MR) is 57.7 cm³/mol. The Kier molecular flexibility index (Phi) is 2.85. The number of hydrogen-bond acceptors (Lipinski definition) is 4. The lowest BCUT2D eigenvalue weighted by Crippen LogP contribution is -2.33. The summed E-state index contributed by atoms with van der Waals surface area (Å²) in [5, 5.41) is 8.81. The molecule has 1 aliphatic rings. The van der Waals surface area contributed by atoms with Gasteiger partial charge in [0.2, 0.25) is 0 Å². The summed E-state index contributed by atoms with van der Waals surface area (Å²) in [5.41, 5.74) is 0.856. The fourth-order valence-corrected chi connectivity index (χ4v) is 1.75. The van der Waals surface area contributed by atoms with Crippen molar-refractivity contribution < 1.29 is 14.7 Å². The number of nitrogens with zero attached hydrogens (tertiary/aromatic N) is 2. The van der Waals surface area contributed by atoms with Crippen LogP contribution >= 0.6 is 0 Å². The lowest BCUT2D eigenvalue weighted by Gasteiger charge is -2.28. The van der Waals surface area contributed by atoms with Crippen LogP contribution in [0.15, 0.2) is 18.3 Å². The third kappa shape index (κ3) is 2.18. The fraction of sp³-hybridized carbons (Fsp3) is 0.364. The molecule has 5 nitrogen and oxygen atoms in total. The Bertz CT molecular complexity index is 421. The Morgan fingerprint density at radius 3 is 2.69 bits per heavy atom. The van der Waals surface area contributed by atoms with E-state index in [2.05, 4.69) is 4.98 Å². The first-order chi connectivity index (χ1) is 7.66. The van der Waals surface area contributed by atoms with E-state index in [1.54, 1.807) is 6.07 Å². The van der Waals surface area contributed by atoms with Crippen LogP contribution in [-0.4, -0.2) is 34.9 Å². The zero-order chi connectivity index (χ0) is 11.5. The van der Waals surface area contributed by atoms with Gasteiger partial charge in [-0.1, -0.05) is 0 Å². The molecule has 1 saturated heterocycles. The highest BCUT2D eigenvalue weighted by Gasteiger charge is 2.17. The van der Waals surface area contributed by atoms with Crippen LogP contribution < -0.4 is 4.90 Å². The topological polar surface area (TPSA) is 70.5 Å². The van der Waals surface area contributed by atoms with Gasteiger partial charge in [-0.2, -0.15) is 0 Å². The monoisotopic (exact) mass is 220 g/mol. The molecule has 1 aliphatic heterocycles. The van der Waals surface area contributed by atoms with Gasteiger partial charge in [0, 0.05) is 37.8 Å². The number of carbonyl (C=O) groups excluding carboxylic acids is 1. The molecule has 0 aromatic carbocycles. The van der Waals surface area contributed by atoms with Gasteiger partial charge in [0.15, 0.2) is 0 Å². The van der Waals surface area contributed by atoms with Crippen LogP contribution in [0.1, 0.15) is 23.3 Å². The van der Waals surface area contributed by atoms with Gasteiger partial charge in [-0.05, 0) is 12.1 Å². The minimum Gasteiger partial charge on any atom is -0.477 e. The SMILES string of the molecule is O=C1CCN(c2ccnc(C(=O)O)c2)CC1. The largest absolute Gasteiger partial charge is 0.477 e. The maximum absolute atomic E-state index is 11.1. The lowest BCUT2D eigenvalue weighted by molar-refractivity contribution is -0.119. The molecule has 2 heterocycles. The van der Waals surface area contributed by atoms with E-state index in [9.17, 15) is 9.59 Å². The number of piperidine rings is 1. The summed E-state index contributed by atoms with van der Waals surface area (Å²) < 4.78 is 0. The lowest BCUT2D eigenvalue weighted by atomic mass is 10.1. The van der Waals surface area contributed by atoms with Crippen LogP contribution in [0.25, 0.3) is 0 Å². The number of Topliss-reactive ketones (excluding diaryl/α,β-unsaturated/α-hetero) is 1. The van der Waals surface area contributed by atoms with Crippen molar-refractivity contribution in [3.8, 4) is 0 Å². The van der Waals surface area contributed by atoms with Crippen molar-refractivity contribution in [2.45, 2.75) is 12.8 Å². The molecule has 1 fully saturated rings. The standard InChI is InChI=1S/C11H12N2O3/c14-9-2-5-13(6-3-9)8-1-4-12-10(7-8)11(15)16/h1,4,7H,2-3,5-6H2,(H,15,16). The van der Waals surface area contributed by atoms with Gasteiger partial charge in [0.1, 0.15) is 11.5 Å². The summed E-state index contributed by atoms with van der Waals surface area (Å²) in [6, 6.07) is 3.31. The molecule has 0 atom stereocenters. The zero-order valence-electron chi connectivity index (χ0n) is 8.72. The minimum atomic E-state index is -1.03. The Hall–Kier alpha value is -1.91. The van der Waals surface area contributed by atoms with Gasteiger partial charge in [-0.15, -0.1) is 0 Å². The number of pyridine rings is 1. The van der Waals surface area contributed by atoms with Crippen LogP contribution in [0.5, 0.6) is 0 Å². The smallest absolute Gasteiger partial charge is 0.354 e. The van der Waals surface area contributed by atoms with Crippen molar-refractivity contribution in [1.82, 2.24) is 4.98 Å². The van der Waals surface area contributed by atoms with Gasteiger partial charge in [-0.25, -0.2) is 9.78 Å². The summed E-state index contributed by atoms with van der Waals surface area (Å²) in [4.78, 5) is 27.6. The van der Waals surface area contributed by atoms with Gasteiger partial charge >= 0.3 is 5.97 Å². The first-order valence-corrected chi connectivity index (χ1v) is 5.13. The van der Waals surface area contributed by atoms with Crippen molar-refractivity contribution in [2.75, 3.05) is 18.0 Å². The molecule has 0 amide bonds. The Morgan fingerprint density at radius 1 is 1.38 bits per heavy atom. The zero-order valence-corrected chi connectivity index (χ0v) is 8.72. The quantitative estimate of drug-likeness (QED) is 0.803. The van der Waals surface area contributed by atoms with E-state index in [1.165, 1.54) is 12.3 Å². The molecule has 2 rings (SSSR count). The van der Waals surface area contributed by atoms with Gasteiger partial charge in [0.05, 0.1) is 0 Å². The van der Waals surface area contributed by atoms with E-state index >= 15 is 0 Å². The molecule has 1 aromatic heterocycles. The van der Waals surface area contributed by atoms with Crippen LogP contribution in [0.4, 0.5) is 5.69 Å². The van der Waals surface area contributed by atoms with E-state index in [1.807, 2.05) is 4.90 Å². The summed E-state index contributed by atoms with van der Waals surface area (Å²) in [6.45, 7) is 1.31. The first kappa shape index (κ1) is 10.6. The highest BCUT2D eigenvalue weighted by Crippen LogP contribution is 2.18. The van der Waals surface area contributed by atoms with Crippen LogP contribution in [0.2, 0.25) is 0 Å². The fourth-order valence-electron chi connectivity index (χ4n) is 1.75. The average Bonchev–Trinajstić information content (AvgIpc) is 2.30. The number of carboxylic acids is 1. The van der Waals surface area contributed by atoms with E-state index in [0.717, 1.165) is 5.69 Å². The number of rotatable bonds is 2. The molecule has 0 unspecified atom stereocenters. The van der Waals surface area contributed by atoms with E-state index in [0.29, 0.717) is 25.9 Å². The molecule has 16 heavy (non-hydrogen) atoms. The summed E-state index contributed by atoms with van der Waals surface area (Å²) in [7, 11) is 0. The third-order valence-corrected chi connectivity index (χ3v) is 2.65. The number of anilines is 1. The van der Waals surface area contributed by atoms with Crippen LogP contribution in [-0.2, 0) is 4.79 Å². The number of aromatic carboxylic acids is 1. The molecule has 0 radical (unpaired) electrons. The maximum atomic E-state index is 11.1. The van der Waals surface area contributed by atoms with Crippen molar-refractivity contribution in [3.05, 3.63) is 24.0 Å². The number of carboxylic acid groups (broad SMARTS) is 1.